The molecule has 2 saturated heterocycles. The summed E-state index contributed by atoms with van der Waals surface area (Å²) in [6, 6.07) is 22.2. The molecule has 5 heterocycles. The van der Waals surface area contributed by atoms with Crippen molar-refractivity contribution in [3.05, 3.63) is 138 Å². The minimum Gasteiger partial charge on any atom is -1.00 e. The maximum absolute atomic E-state index is 12.8. The number of aliphatic imine (C=N–C) groups is 1. The quantitative estimate of drug-likeness (QED) is 0.0565. The van der Waals surface area contributed by atoms with Gasteiger partial charge in [-0.05, 0) is 99.7 Å². The van der Waals surface area contributed by atoms with Crippen LogP contribution in [-0.2, 0) is 4.79 Å². The van der Waals surface area contributed by atoms with Gasteiger partial charge in [0, 0.05) is 87.5 Å². The molecular weight excluding hydrogens is 997 g/mol. The van der Waals surface area contributed by atoms with Crippen LogP contribution in [0.3, 0.4) is 0 Å². The average molecular weight is 1050 g/mol. The number of isocyanates is 1. The van der Waals surface area contributed by atoms with Crippen LogP contribution in [0.4, 0.5) is 57.7 Å². The number of halogens is 4. The van der Waals surface area contributed by atoms with Crippen molar-refractivity contribution < 1.29 is 35.8 Å². The first kappa shape index (κ1) is 54.3. The van der Waals surface area contributed by atoms with Crippen molar-refractivity contribution in [2.45, 2.75) is 13.8 Å². The third-order valence-corrected chi connectivity index (χ3v) is 12.7. The third-order valence-electron chi connectivity index (χ3n) is 11.4. The van der Waals surface area contributed by atoms with Gasteiger partial charge >= 0.3 is 35.2 Å². The monoisotopic (exact) mass is 1040 g/mol. The smallest absolute Gasteiger partial charge is 1.00 e. The number of nitrogens with two attached hydrogens (primary N) is 2. The second-order valence-electron chi connectivity index (χ2n) is 16.3. The standard InChI is InChI=1S/C24H24Cl2N8O.C17H21N7.C7H3Cl2NO.Na.H/c1-14-12-15(6-7-19(14)33-10-8-32(2)9-11-33)29-23-28-13-16-21(27)34(24(35)31-22(16)30-23)20-17(25)4-3-5-18(20)26;1-12-10-13(21-17-20-11-14(19-2)16(18)22-17)4-5-15(12)24-8-6-23(3)7-9-24;8-5-2-1-3-6(9)7(5)10-4-11;;/h3-7,12-13H,8-11,27H2,1-2H3,(H,29,30,31,35);4-5,10-11H,6-9H2,1,3H3,(H3,18,20,21,22);1-3H;;/q;;;+1;-1. The molecule has 3 aromatic heterocycles. The molecule has 71 heavy (non-hydrogen) atoms. The minimum absolute atomic E-state index is 0. The molecule has 0 amide bonds. The molecule has 2 fully saturated rings. The third kappa shape index (κ3) is 13.5. The van der Waals surface area contributed by atoms with E-state index >= 15 is 0 Å². The Morgan fingerprint density at radius 3 is 1.65 bits per heavy atom. The van der Waals surface area contributed by atoms with Crippen LogP contribution in [0.5, 0.6) is 0 Å². The number of para-hydroxylation sites is 2. The summed E-state index contributed by atoms with van der Waals surface area (Å²) >= 11 is 23.9. The van der Waals surface area contributed by atoms with E-state index in [9.17, 15) is 9.59 Å². The summed E-state index contributed by atoms with van der Waals surface area (Å²) in [5, 5.41) is 8.00. The Labute approximate surface area is 454 Å². The zero-order chi connectivity index (χ0) is 50.1. The van der Waals surface area contributed by atoms with Gasteiger partial charge < -0.3 is 43.1 Å². The molecule has 0 saturated carbocycles. The first-order valence-corrected chi connectivity index (χ1v) is 23.3. The molecule has 362 valence electrons. The summed E-state index contributed by atoms with van der Waals surface area (Å²) in [6.45, 7) is 19.5. The fourth-order valence-corrected chi connectivity index (χ4v) is 8.74. The molecule has 4 aromatic carbocycles. The number of likely N-dealkylation sites (N-methyl/N-ethyl adjacent to an activating group) is 2. The van der Waals surface area contributed by atoms with Crippen molar-refractivity contribution >= 4 is 121 Å². The Bertz CT molecular complexity index is 3160. The van der Waals surface area contributed by atoms with E-state index in [1.54, 1.807) is 36.4 Å². The van der Waals surface area contributed by atoms with Gasteiger partial charge in [-0.15, -0.1) is 0 Å². The van der Waals surface area contributed by atoms with E-state index in [-0.39, 0.29) is 75.4 Å². The molecule has 2 aliphatic heterocycles. The Balaban J connectivity index is 0.000000225. The van der Waals surface area contributed by atoms with E-state index in [1.807, 2.05) is 12.1 Å². The fraction of sp³-hybridized carbons (Fsp3) is 0.250. The number of aryl methyl sites for hydroxylation is 2. The van der Waals surface area contributed by atoms with E-state index < -0.39 is 5.69 Å². The van der Waals surface area contributed by atoms with Crippen LogP contribution in [-0.4, -0.2) is 112 Å². The van der Waals surface area contributed by atoms with E-state index in [4.69, 9.17) is 64.4 Å². The molecule has 0 spiro atoms. The number of benzene rings is 4. The predicted octanol–water partition coefficient (Wildman–Crippen LogP) is 6.36. The summed E-state index contributed by atoms with van der Waals surface area (Å²) in [6.07, 6.45) is 4.33. The van der Waals surface area contributed by atoms with Gasteiger partial charge in [0.05, 0.1) is 37.7 Å². The first-order valence-electron chi connectivity index (χ1n) is 21.8. The van der Waals surface area contributed by atoms with Crippen molar-refractivity contribution in [1.82, 2.24) is 39.3 Å². The number of fused-ring (bicyclic) bond motifs is 1. The molecular formula is C48H49Cl4N16NaO2. The van der Waals surface area contributed by atoms with Crippen LogP contribution in [0.1, 0.15) is 12.6 Å². The number of aromatic nitrogens is 6. The van der Waals surface area contributed by atoms with Gasteiger partial charge in [-0.2, -0.15) is 15.0 Å². The normalized spacial score (nSPS) is 13.6. The Morgan fingerprint density at radius 1 is 0.704 bits per heavy atom. The van der Waals surface area contributed by atoms with Crippen molar-refractivity contribution in [1.29, 1.82) is 0 Å². The van der Waals surface area contributed by atoms with Crippen LogP contribution in [0, 0.1) is 20.4 Å². The number of nitrogen functional groups attached to an aromatic ring is 2. The maximum atomic E-state index is 12.8. The number of carbonyl (C=O) groups excluding carboxylic acids is 1. The fourth-order valence-electron chi connectivity index (χ4n) is 7.69. The summed E-state index contributed by atoms with van der Waals surface area (Å²) in [7, 11) is 4.30. The topological polar surface area (TPSA) is 209 Å². The van der Waals surface area contributed by atoms with Gasteiger partial charge in [-0.3, -0.25) is 0 Å². The molecule has 0 radical (unpaired) electrons. The van der Waals surface area contributed by atoms with Crippen LogP contribution < -0.4 is 67.1 Å². The Morgan fingerprint density at radius 2 is 1.18 bits per heavy atom. The number of nitrogens with zero attached hydrogens (tertiary/aromatic N) is 12. The molecule has 2 aliphatic rings. The number of hydrogen-bond acceptors (Lipinski definition) is 16. The number of piperazine rings is 2. The van der Waals surface area contributed by atoms with Gasteiger partial charge in [-0.1, -0.05) is 58.5 Å². The van der Waals surface area contributed by atoms with Gasteiger partial charge in [0.1, 0.15) is 17.3 Å². The van der Waals surface area contributed by atoms with E-state index in [0.717, 1.165) is 69.3 Å². The van der Waals surface area contributed by atoms with E-state index in [0.29, 0.717) is 27.3 Å². The number of hydrogen-bond donors (Lipinski definition) is 4. The first-order chi connectivity index (χ1) is 33.6. The van der Waals surface area contributed by atoms with Crippen molar-refractivity contribution in [2.24, 2.45) is 4.99 Å². The van der Waals surface area contributed by atoms with Crippen molar-refractivity contribution in [3.63, 3.8) is 0 Å². The van der Waals surface area contributed by atoms with E-state index in [1.165, 1.54) is 40.0 Å². The molecule has 18 nitrogen and oxygen atoms in total. The van der Waals surface area contributed by atoms with Crippen molar-refractivity contribution in [3.8, 4) is 5.69 Å². The molecule has 7 aromatic rings. The maximum Gasteiger partial charge on any atom is 1.00 e. The van der Waals surface area contributed by atoms with Crippen molar-refractivity contribution in [2.75, 3.05) is 98.4 Å². The van der Waals surface area contributed by atoms with Gasteiger partial charge in [0.2, 0.25) is 23.7 Å². The number of rotatable bonds is 8. The average Bonchev–Trinajstić information content (AvgIpc) is 3.32. The minimum atomic E-state index is -0.637. The molecule has 0 bridgehead atoms. The van der Waals surface area contributed by atoms with Gasteiger partial charge in [0.25, 0.3) is 0 Å². The SMILES string of the molecule is Cc1cc(Nc2ncc3c(N)n(-c4c(Cl)cccc4Cl)c(=O)nc3n2)ccc1N1CCN(C)CC1.O=C=Nc1c(Cl)cccc1Cl.[C-]#[N+]c1cnc(Nc2ccc(N3CCN(C)CC3)c(C)c2)nc1N.[H-].[Na+]. The molecule has 23 heteroatoms. The van der Waals surface area contributed by atoms with Gasteiger partial charge in [-0.25, -0.2) is 34.0 Å². The summed E-state index contributed by atoms with van der Waals surface area (Å²) in [5.74, 6) is 0.998. The zero-order valence-electron chi connectivity index (χ0n) is 40.6. The summed E-state index contributed by atoms with van der Waals surface area (Å²) < 4.78 is 1.17. The summed E-state index contributed by atoms with van der Waals surface area (Å²) in [5.41, 5.74) is 19.0. The Hall–Kier alpha value is -6.07. The van der Waals surface area contributed by atoms with Crippen LogP contribution in [0.15, 0.2) is 95.0 Å². The van der Waals surface area contributed by atoms with Crippen LogP contribution >= 0.6 is 46.4 Å². The summed E-state index contributed by atoms with van der Waals surface area (Å²) in [4.78, 5) is 59.9. The van der Waals surface area contributed by atoms with Gasteiger partial charge in [0.15, 0.2) is 5.65 Å². The second-order valence-corrected chi connectivity index (χ2v) is 17.9. The number of anilines is 8. The molecule has 0 aliphatic carbocycles. The molecule has 0 atom stereocenters. The molecule has 0 unspecified atom stereocenters. The predicted molar refractivity (Wildman–Crippen MR) is 284 cm³/mol. The number of nitrogens with one attached hydrogen (secondary N) is 2. The second kappa shape index (κ2) is 24.9. The van der Waals surface area contributed by atoms with Crippen LogP contribution in [0.25, 0.3) is 21.6 Å². The van der Waals surface area contributed by atoms with Crippen LogP contribution in [0.2, 0.25) is 20.1 Å². The Kier molecular flexibility index (Phi) is 19.0. The largest absolute Gasteiger partial charge is 1.00 e. The molecule has 9 rings (SSSR count). The molecule has 6 N–H and O–H groups in total. The van der Waals surface area contributed by atoms with E-state index in [2.05, 4.69) is 117 Å². The zero-order valence-corrected chi connectivity index (χ0v) is 44.6.